The van der Waals surface area contributed by atoms with E-state index in [-0.39, 0.29) is 18.8 Å². The third kappa shape index (κ3) is 6.39. The number of ketones is 1. The summed E-state index contributed by atoms with van der Waals surface area (Å²) in [4.78, 5) is 34.9. The molecule has 0 aliphatic heterocycles. The third-order valence-corrected chi connectivity index (χ3v) is 2.44. The Labute approximate surface area is 129 Å². The molecule has 0 saturated heterocycles. The summed E-state index contributed by atoms with van der Waals surface area (Å²) in [5.74, 6) is -0.940. The first-order valence-electron chi connectivity index (χ1n) is 7.00. The summed E-state index contributed by atoms with van der Waals surface area (Å²) in [6.45, 7) is 7.17. The number of carbonyl (C=O) groups is 3. The maximum absolute atomic E-state index is 12.0. The van der Waals surface area contributed by atoms with Gasteiger partial charge in [0.25, 0.3) is 0 Å². The van der Waals surface area contributed by atoms with Gasteiger partial charge in [-0.25, -0.2) is 4.79 Å². The molecular weight excluding hydrogens is 286 g/mol. The first-order valence-corrected chi connectivity index (χ1v) is 7.00. The standard InChI is InChI=1S/C16H21NO5/c1-5-21-14(19)10-13(18)11-7-6-8-12(9-11)17-15(20)22-16(2,3)4/h6-9H,5,10H2,1-4H3,(H,17,20). The van der Waals surface area contributed by atoms with E-state index in [1.165, 1.54) is 6.07 Å². The maximum Gasteiger partial charge on any atom is 0.412 e. The average molecular weight is 307 g/mol. The Bertz CT molecular complexity index is 560. The molecule has 0 aliphatic carbocycles. The largest absolute Gasteiger partial charge is 0.466 e. The van der Waals surface area contributed by atoms with Crippen molar-refractivity contribution in [2.75, 3.05) is 11.9 Å². The smallest absolute Gasteiger partial charge is 0.412 e. The Morgan fingerprint density at radius 3 is 2.45 bits per heavy atom. The Kier molecular flexibility index (Phi) is 6.10. The number of hydrogen-bond donors (Lipinski definition) is 1. The zero-order valence-corrected chi connectivity index (χ0v) is 13.3. The minimum Gasteiger partial charge on any atom is -0.466 e. The molecule has 0 heterocycles. The summed E-state index contributed by atoms with van der Waals surface area (Å²) in [6, 6.07) is 6.31. The van der Waals surface area contributed by atoms with Gasteiger partial charge in [0.1, 0.15) is 12.0 Å². The molecule has 6 nitrogen and oxygen atoms in total. The summed E-state index contributed by atoms with van der Waals surface area (Å²) in [5.41, 5.74) is 0.132. The Hall–Kier alpha value is -2.37. The van der Waals surface area contributed by atoms with Crippen LogP contribution in [0.3, 0.4) is 0 Å². The highest BCUT2D eigenvalue weighted by molar-refractivity contribution is 6.06. The predicted octanol–water partition coefficient (Wildman–Crippen LogP) is 3.17. The van der Waals surface area contributed by atoms with Crippen LogP contribution in [0.4, 0.5) is 10.5 Å². The number of Topliss-reactive ketones (excluding diaryl/α,β-unsaturated/α-hetero) is 1. The molecule has 1 aromatic carbocycles. The van der Waals surface area contributed by atoms with Crippen molar-refractivity contribution in [1.82, 2.24) is 0 Å². The summed E-state index contributed by atoms with van der Waals surface area (Å²) in [7, 11) is 0. The van der Waals surface area contributed by atoms with E-state index in [2.05, 4.69) is 5.32 Å². The number of nitrogens with one attached hydrogen (secondary N) is 1. The highest BCUT2D eigenvalue weighted by Crippen LogP contribution is 2.15. The van der Waals surface area contributed by atoms with Crippen molar-refractivity contribution in [2.24, 2.45) is 0 Å². The summed E-state index contributed by atoms with van der Waals surface area (Å²) in [5, 5.41) is 2.54. The molecule has 0 spiro atoms. The topological polar surface area (TPSA) is 81.7 Å². The summed E-state index contributed by atoms with van der Waals surface area (Å²) >= 11 is 0. The molecule has 0 saturated carbocycles. The summed E-state index contributed by atoms with van der Waals surface area (Å²) in [6.07, 6.45) is -0.938. The van der Waals surface area contributed by atoms with Crippen molar-refractivity contribution in [3.05, 3.63) is 29.8 Å². The SMILES string of the molecule is CCOC(=O)CC(=O)c1cccc(NC(=O)OC(C)(C)C)c1. The number of rotatable bonds is 5. The van der Waals surface area contributed by atoms with E-state index in [1.54, 1.807) is 45.9 Å². The fourth-order valence-electron chi connectivity index (χ4n) is 1.64. The fraction of sp³-hybridized carbons (Fsp3) is 0.438. The van der Waals surface area contributed by atoms with E-state index >= 15 is 0 Å². The van der Waals surface area contributed by atoms with Gasteiger partial charge in [-0.1, -0.05) is 12.1 Å². The molecule has 22 heavy (non-hydrogen) atoms. The molecule has 0 bridgehead atoms. The van der Waals surface area contributed by atoms with Crippen LogP contribution in [0.2, 0.25) is 0 Å². The quantitative estimate of drug-likeness (QED) is 0.513. The average Bonchev–Trinajstić information content (AvgIpc) is 2.36. The molecule has 0 unspecified atom stereocenters. The van der Waals surface area contributed by atoms with Crippen molar-refractivity contribution >= 4 is 23.5 Å². The number of hydrogen-bond acceptors (Lipinski definition) is 5. The number of anilines is 1. The maximum atomic E-state index is 12.0. The molecule has 0 aliphatic rings. The van der Waals surface area contributed by atoms with Gasteiger partial charge in [0.2, 0.25) is 0 Å². The van der Waals surface area contributed by atoms with Gasteiger partial charge < -0.3 is 9.47 Å². The minimum atomic E-state index is -0.610. The molecule has 1 N–H and O–H groups in total. The lowest BCUT2D eigenvalue weighted by Crippen LogP contribution is -2.27. The van der Waals surface area contributed by atoms with Crippen molar-refractivity contribution in [2.45, 2.75) is 39.7 Å². The molecule has 1 rings (SSSR count). The van der Waals surface area contributed by atoms with Gasteiger partial charge >= 0.3 is 12.1 Å². The van der Waals surface area contributed by atoms with Gasteiger partial charge in [-0.2, -0.15) is 0 Å². The highest BCUT2D eigenvalue weighted by atomic mass is 16.6. The van der Waals surface area contributed by atoms with Crippen LogP contribution >= 0.6 is 0 Å². The molecular formula is C16H21NO5. The molecule has 0 atom stereocenters. The molecule has 1 amide bonds. The van der Waals surface area contributed by atoms with Gasteiger partial charge in [-0.3, -0.25) is 14.9 Å². The van der Waals surface area contributed by atoms with Gasteiger partial charge in [-0.15, -0.1) is 0 Å². The second-order valence-corrected chi connectivity index (χ2v) is 5.61. The van der Waals surface area contributed by atoms with Crippen LogP contribution < -0.4 is 5.32 Å². The van der Waals surface area contributed by atoms with Crippen molar-refractivity contribution in [1.29, 1.82) is 0 Å². The Morgan fingerprint density at radius 2 is 1.86 bits per heavy atom. The lowest BCUT2D eigenvalue weighted by atomic mass is 10.1. The van der Waals surface area contributed by atoms with Gasteiger partial charge in [0, 0.05) is 11.3 Å². The van der Waals surface area contributed by atoms with Crippen LogP contribution in [0.1, 0.15) is 44.5 Å². The van der Waals surface area contributed by atoms with E-state index in [1.807, 2.05) is 0 Å². The first kappa shape index (κ1) is 17.7. The predicted molar refractivity (Wildman–Crippen MR) is 81.9 cm³/mol. The number of ether oxygens (including phenoxy) is 2. The summed E-state index contributed by atoms with van der Waals surface area (Å²) < 4.78 is 9.86. The number of amides is 1. The van der Waals surface area contributed by atoms with E-state index in [9.17, 15) is 14.4 Å². The van der Waals surface area contributed by atoms with Crippen molar-refractivity contribution < 1.29 is 23.9 Å². The molecule has 120 valence electrons. The molecule has 6 heteroatoms. The lowest BCUT2D eigenvalue weighted by molar-refractivity contribution is -0.141. The molecule has 0 fully saturated rings. The monoisotopic (exact) mass is 307 g/mol. The number of benzene rings is 1. The van der Waals surface area contributed by atoms with E-state index in [0.29, 0.717) is 11.3 Å². The molecule has 0 radical (unpaired) electrons. The normalized spacial score (nSPS) is 10.7. The van der Waals surface area contributed by atoms with Crippen LogP contribution in [0, 0.1) is 0 Å². The van der Waals surface area contributed by atoms with Gasteiger partial charge in [0.05, 0.1) is 6.61 Å². The van der Waals surface area contributed by atoms with Crippen LogP contribution in [0.25, 0.3) is 0 Å². The van der Waals surface area contributed by atoms with Crippen molar-refractivity contribution in [3.63, 3.8) is 0 Å². The van der Waals surface area contributed by atoms with E-state index in [0.717, 1.165) is 0 Å². The fourth-order valence-corrected chi connectivity index (χ4v) is 1.64. The second-order valence-electron chi connectivity index (χ2n) is 5.61. The number of esters is 1. The Morgan fingerprint density at radius 1 is 1.18 bits per heavy atom. The molecule has 0 aromatic heterocycles. The Balaban J connectivity index is 2.71. The van der Waals surface area contributed by atoms with Crippen LogP contribution in [0.5, 0.6) is 0 Å². The highest BCUT2D eigenvalue weighted by Gasteiger charge is 2.17. The van der Waals surface area contributed by atoms with Gasteiger partial charge in [0.15, 0.2) is 5.78 Å². The van der Waals surface area contributed by atoms with Crippen LogP contribution in [-0.2, 0) is 14.3 Å². The van der Waals surface area contributed by atoms with E-state index < -0.39 is 17.7 Å². The van der Waals surface area contributed by atoms with Crippen molar-refractivity contribution in [3.8, 4) is 0 Å². The second kappa shape index (κ2) is 7.59. The zero-order valence-electron chi connectivity index (χ0n) is 13.3. The molecule has 1 aromatic rings. The minimum absolute atomic E-state index is 0.229. The lowest BCUT2D eigenvalue weighted by Gasteiger charge is -2.19. The van der Waals surface area contributed by atoms with Gasteiger partial charge in [-0.05, 0) is 39.8 Å². The van der Waals surface area contributed by atoms with Crippen LogP contribution in [-0.4, -0.2) is 30.1 Å². The number of carbonyl (C=O) groups excluding carboxylic acids is 3. The zero-order chi connectivity index (χ0) is 16.8. The first-order chi connectivity index (χ1) is 10.2. The van der Waals surface area contributed by atoms with Crippen LogP contribution in [0.15, 0.2) is 24.3 Å². The van der Waals surface area contributed by atoms with E-state index in [4.69, 9.17) is 9.47 Å². The third-order valence-electron chi connectivity index (χ3n) is 2.44.